The highest BCUT2D eigenvalue weighted by Crippen LogP contribution is 2.16. The topological polar surface area (TPSA) is 40.5 Å². The van der Waals surface area contributed by atoms with Crippen molar-refractivity contribution in [1.82, 2.24) is 4.90 Å². The SMILES string of the molecule is [2H]C([2H])([2H])/C=C/C=C/C[C@@H](C)[C@@H](O)[C@@H](C(C)=O)N(C)C. The zero-order chi connectivity index (χ0) is 15.9. The van der Waals surface area contributed by atoms with Crippen LogP contribution in [0.2, 0.25) is 0 Å². The van der Waals surface area contributed by atoms with E-state index in [-0.39, 0.29) is 11.7 Å². The molecule has 3 nitrogen and oxygen atoms in total. The van der Waals surface area contributed by atoms with Crippen LogP contribution in [-0.4, -0.2) is 42.0 Å². The van der Waals surface area contributed by atoms with Gasteiger partial charge in [0.2, 0.25) is 0 Å². The number of nitrogens with zero attached hydrogens (tertiary/aromatic N) is 1. The number of carbonyl (C=O) groups excluding carboxylic acids is 1. The Morgan fingerprint density at radius 3 is 2.59 bits per heavy atom. The number of aliphatic hydroxyl groups is 1. The zero-order valence-electron chi connectivity index (χ0n) is 14.1. The Morgan fingerprint density at radius 2 is 2.12 bits per heavy atom. The standard InChI is InChI=1S/C14H25NO2/c1-6-7-8-9-10-11(2)14(17)13(12(3)16)15(4)5/h6-9,11,13-14,17H,10H2,1-5H3/b7-6+,9-8+/t11-,13-,14-/m1/s1/i1D3. The van der Waals surface area contributed by atoms with E-state index in [4.69, 9.17) is 4.11 Å². The minimum atomic E-state index is -2.07. The van der Waals surface area contributed by atoms with Crippen LogP contribution in [-0.2, 0) is 4.79 Å². The summed E-state index contributed by atoms with van der Waals surface area (Å²) in [5, 5.41) is 10.2. The number of hydrogen-bond acceptors (Lipinski definition) is 3. The maximum absolute atomic E-state index is 11.5. The van der Waals surface area contributed by atoms with Gasteiger partial charge in [0.05, 0.1) is 12.1 Å². The third-order valence-corrected chi connectivity index (χ3v) is 2.73. The lowest BCUT2D eigenvalue weighted by Gasteiger charge is -2.30. The molecule has 0 aromatic carbocycles. The summed E-state index contributed by atoms with van der Waals surface area (Å²) >= 11 is 0. The lowest BCUT2D eigenvalue weighted by atomic mass is 9.92. The van der Waals surface area contributed by atoms with E-state index in [1.165, 1.54) is 13.0 Å². The van der Waals surface area contributed by atoms with Crippen LogP contribution < -0.4 is 0 Å². The average molecular weight is 242 g/mol. The minimum Gasteiger partial charge on any atom is -0.391 e. The van der Waals surface area contributed by atoms with Crippen molar-refractivity contribution in [2.45, 2.75) is 39.3 Å². The van der Waals surface area contributed by atoms with Crippen molar-refractivity contribution in [2.24, 2.45) is 5.92 Å². The van der Waals surface area contributed by atoms with Gasteiger partial charge in [0, 0.05) is 4.11 Å². The van der Waals surface area contributed by atoms with E-state index < -0.39 is 19.0 Å². The van der Waals surface area contributed by atoms with Gasteiger partial charge in [-0.05, 0) is 40.2 Å². The van der Waals surface area contributed by atoms with Gasteiger partial charge >= 0.3 is 0 Å². The highest BCUT2D eigenvalue weighted by atomic mass is 16.3. The molecular formula is C14H25NO2. The highest BCUT2D eigenvalue weighted by Gasteiger charge is 2.29. The summed E-state index contributed by atoms with van der Waals surface area (Å²) in [5.74, 6) is -0.163. The fraction of sp³-hybridized carbons (Fsp3) is 0.643. The number of ketones is 1. The Kier molecular flexibility index (Phi) is 5.39. The van der Waals surface area contributed by atoms with Crippen molar-refractivity contribution in [2.75, 3.05) is 14.1 Å². The Morgan fingerprint density at radius 1 is 1.47 bits per heavy atom. The summed E-state index contributed by atoms with van der Waals surface area (Å²) in [5.41, 5.74) is 0. The molecule has 0 bridgehead atoms. The van der Waals surface area contributed by atoms with Crippen LogP contribution in [0.1, 0.15) is 31.2 Å². The van der Waals surface area contributed by atoms with E-state index in [0.717, 1.165) is 6.08 Å². The second-order valence-electron chi connectivity index (χ2n) is 4.51. The summed E-state index contributed by atoms with van der Waals surface area (Å²) in [6, 6.07) is -0.517. The second-order valence-corrected chi connectivity index (χ2v) is 4.51. The molecule has 0 saturated heterocycles. The first-order chi connectivity index (χ1) is 9.06. The molecule has 0 aliphatic carbocycles. The first kappa shape index (κ1) is 11.2. The first-order valence-corrected chi connectivity index (χ1v) is 5.75. The van der Waals surface area contributed by atoms with Crippen LogP contribution in [0.3, 0.4) is 0 Å². The maximum atomic E-state index is 11.5. The van der Waals surface area contributed by atoms with Crippen molar-refractivity contribution in [3.63, 3.8) is 0 Å². The van der Waals surface area contributed by atoms with Gasteiger partial charge in [-0.3, -0.25) is 9.69 Å². The maximum Gasteiger partial charge on any atom is 0.149 e. The summed E-state index contributed by atoms with van der Waals surface area (Å²) in [6.07, 6.45) is 5.88. The number of allylic oxidation sites excluding steroid dienone is 4. The van der Waals surface area contributed by atoms with Gasteiger partial charge in [-0.15, -0.1) is 0 Å². The van der Waals surface area contributed by atoms with Crippen LogP contribution >= 0.6 is 0 Å². The summed E-state index contributed by atoms with van der Waals surface area (Å²) in [4.78, 5) is 13.2. The highest BCUT2D eigenvalue weighted by molar-refractivity contribution is 5.82. The van der Waals surface area contributed by atoms with E-state index in [1.807, 2.05) is 6.92 Å². The van der Waals surface area contributed by atoms with Crippen LogP contribution in [0.15, 0.2) is 24.3 Å². The molecule has 98 valence electrons. The molecule has 0 spiro atoms. The monoisotopic (exact) mass is 242 g/mol. The van der Waals surface area contributed by atoms with Crippen LogP contribution in [0, 0.1) is 5.92 Å². The molecule has 0 fully saturated rings. The number of Topliss-reactive ketones (excluding diaryl/α,β-unsaturated/α-hetero) is 1. The zero-order valence-corrected chi connectivity index (χ0v) is 11.1. The fourth-order valence-electron chi connectivity index (χ4n) is 1.79. The smallest absolute Gasteiger partial charge is 0.149 e. The largest absolute Gasteiger partial charge is 0.391 e. The second kappa shape index (κ2) is 8.20. The molecule has 17 heavy (non-hydrogen) atoms. The molecule has 0 amide bonds. The van der Waals surface area contributed by atoms with Gasteiger partial charge < -0.3 is 5.11 Å². The van der Waals surface area contributed by atoms with Gasteiger partial charge in [0.1, 0.15) is 5.78 Å². The van der Waals surface area contributed by atoms with Crippen LogP contribution in [0.4, 0.5) is 0 Å². The molecule has 3 atom stereocenters. The lowest BCUT2D eigenvalue weighted by Crippen LogP contribution is -2.47. The molecule has 0 unspecified atom stereocenters. The molecule has 0 aliphatic rings. The molecule has 0 saturated carbocycles. The van der Waals surface area contributed by atoms with E-state index >= 15 is 0 Å². The van der Waals surface area contributed by atoms with Gasteiger partial charge in [0.15, 0.2) is 0 Å². The quantitative estimate of drug-likeness (QED) is 0.694. The first-order valence-electron chi connectivity index (χ1n) is 7.25. The van der Waals surface area contributed by atoms with Crippen molar-refractivity contribution in [1.29, 1.82) is 0 Å². The van der Waals surface area contributed by atoms with E-state index in [2.05, 4.69) is 0 Å². The van der Waals surface area contributed by atoms with Crippen molar-refractivity contribution in [3.8, 4) is 0 Å². The van der Waals surface area contributed by atoms with E-state index in [0.29, 0.717) is 6.42 Å². The van der Waals surface area contributed by atoms with Gasteiger partial charge in [0.25, 0.3) is 0 Å². The number of hydrogen-bond donors (Lipinski definition) is 1. The third kappa shape index (κ3) is 5.80. The Hall–Kier alpha value is -0.930. The molecule has 3 heteroatoms. The lowest BCUT2D eigenvalue weighted by molar-refractivity contribution is -0.126. The van der Waals surface area contributed by atoms with E-state index in [9.17, 15) is 9.90 Å². The molecule has 0 aliphatic heterocycles. The Bertz CT molecular complexity index is 362. The van der Waals surface area contributed by atoms with Gasteiger partial charge in [-0.25, -0.2) is 0 Å². The normalized spacial score (nSPS) is 21.2. The summed E-state index contributed by atoms with van der Waals surface area (Å²) in [7, 11) is 3.52. The predicted octanol–water partition coefficient (Wildman–Crippen LogP) is 2.02. The van der Waals surface area contributed by atoms with Gasteiger partial charge in [-0.1, -0.05) is 31.2 Å². The molecule has 0 radical (unpaired) electrons. The van der Waals surface area contributed by atoms with Gasteiger partial charge in [-0.2, -0.15) is 0 Å². The molecular weight excluding hydrogens is 214 g/mol. The molecule has 0 rings (SSSR count). The Labute approximate surface area is 109 Å². The Balaban J connectivity index is 4.46. The minimum absolute atomic E-state index is 0.0689. The summed E-state index contributed by atoms with van der Waals surface area (Å²) in [6.45, 7) is 1.26. The number of likely N-dealkylation sites (N-methyl/N-ethyl adjacent to an activating group) is 1. The van der Waals surface area contributed by atoms with Crippen LogP contribution in [0.5, 0.6) is 0 Å². The van der Waals surface area contributed by atoms with Crippen molar-refractivity contribution < 1.29 is 14.0 Å². The van der Waals surface area contributed by atoms with Crippen molar-refractivity contribution in [3.05, 3.63) is 24.3 Å². The average Bonchev–Trinajstić information content (AvgIpc) is 2.25. The fourth-order valence-corrected chi connectivity index (χ4v) is 1.79. The molecule has 0 aromatic heterocycles. The molecule has 0 heterocycles. The van der Waals surface area contributed by atoms with Crippen LogP contribution in [0.25, 0.3) is 0 Å². The number of aliphatic hydroxyl groups excluding tert-OH is 1. The summed E-state index contributed by atoms with van der Waals surface area (Å²) < 4.78 is 21.0. The van der Waals surface area contributed by atoms with Crippen molar-refractivity contribution >= 4 is 5.78 Å². The molecule has 0 aromatic rings. The molecule has 1 N–H and O–H groups in total. The predicted molar refractivity (Wildman–Crippen MR) is 71.9 cm³/mol. The van der Waals surface area contributed by atoms with E-state index in [1.54, 1.807) is 31.1 Å². The third-order valence-electron chi connectivity index (χ3n) is 2.73. The number of rotatable bonds is 7. The number of carbonyl (C=O) groups is 1.